The first-order valence-electron chi connectivity index (χ1n) is 6.23. The Balaban J connectivity index is 2.40. The highest BCUT2D eigenvalue weighted by atomic mass is 32.1. The van der Waals surface area contributed by atoms with Crippen LogP contribution in [-0.4, -0.2) is 11.1 Å². The largest absolute Gasteiger partial charge is 0.477 e. The van der Waals surface area contributed by atoms with Gasteiger partial charge in [0.1, 0.15) is 4.88 Å². The molecule has 1 heterocycles. The summed E-state index contributed by atoms with van der Waals surface area (Å²) in [6.07, 6.45) is 0. The maximum Gasteiger partial charge on any atom is 0.345 e. The van der Waals surface area contributed by atoms with Gasteiger partial charge in [-0.2, -0.15) is 0 Å². The molecule has 19 heavy (non-hydrogen) atoms. The van der Waals surface area contributed by atoms with Gasteiger partial charge in [-0.3, -0.25) is 0 Å². The zero-order valence-corrected chi connectivity index (χ0v) is 12.5. The second-order valence-corrected chi connectivity index (χ2v) is 6.97. The van der Waals surface area contributed by atoms with Crippen LogP contribution in [0.3, 0.4) is 0 Å². The molecule has 0 unspecified atom stereocenters. The number of hydrogen-bond donors (Lipinski definition) is 1. The van der Waals surface area contributed by atoms with Gasteiger partial charge in [-0.05, 0) is 35.1 Å². The van der Waals surface area contributed by atoms with Gasteiger partial charge >= 0.3 is 5.97 Å². The molecular formula is C16H18O2S. The predicted molar refractivity (Wildman–Crippen MR) is 80.2 cm³/mol. The van der Waals surface area contributed by atoms with Crippen molar-refractivity contribution in [2.24, 2.45) is 0 Å². The Hall–Kier alpha value is -1.61. The minimum absolute atomic E-state index is 0.133. The first-order valence-corrected chi connectivity index (χ1v) is 7.05. The molecule has 0 aliphatic rings. The van der Waals surface area contributed by atoms with Crippen molar-refractivity contribution in [1.82, 2.24) is 0 Å². The Morgan fingerprint density at radius 2 is 1.74 bits per heavy atom. The molecule has 0 atom stereocenters. The Morgan fingerprint density at radius 1 is 1.16 bits per heavy atom. The number of carboxylic acid groups (broad SMARTS) is 1. The molecule has 0 bridgehead atoms. The lowest BCUT2D eigenvalue weighted by molar-refractivity contribution is 0.0702. The van der Waals surface area contributed by atoms with Crippen molar-refractivity contribution in [1.29, 1.82) is 0 Å². The average Bonchev–Trinajstić information content (AvgIpc) is 2.70. The second-order valence-electron chi connectivity index (χ2n) is 5.71. The third kappa shape index (κ3) is 2.87. The van der Waals surface area contributed by atoms with Crippen LogP contribution in [0.2, 0.25) is 0 Å². The van der Waals surface area contributed by atoms with Crippen LogP contribution in [0.5, 0.6) is 0 Å². The number of thiophene rings is 1. The normalized spacial score (nSPS) is 11.6. The Labute approximate surface area is 117 Å². The van der Waals surface area contributed by atoms with Gasteiger partial charge in [-0.1, -0.05) is 45.0 Å². The standard InChI is InChI=1S/C16H18O2S/c1-10-13(9-14(19-10)15(17)18)11-5-7-12(8-6-11)16(2,3)4/h5-9H,1-4H3,(H,17,18). The van der Waals surface area contributed by atoms with Crippen molar-refractivity contribution in [3.05, 3.63) is 45.6 Å². The molecule has 2 nitrogen and oxygen atoms in total. The third-order valence-electron chi connectivity index (χ3n) is 3.19. The maximum absolute atomic E-state index is 11.0. The number of carboxylic acids is 1. The van der Waals surface area contributed by atoms with Gasteiger partial charge in [0.15, 0.2) is 0 Å². The summed E-state index contributed by atoms with van der Waals surface area (Å²) < 4.78 is 0. The number of carbonyl (C=O) groups is 1. The first-order chi connectivity index (χ1) is 8.79. The fraction of sp³-hybridized carbons (Fsp3) is 0.312. The Bertz CT molecular complexity index is 601. The molecule has 0 saturated heterocycles. The van der Waals surface area contributed by atoms with Gasteiger partial charge in [-0.15, -0.1) is 11.3 Å². The van der Waals surface area contributed by atoms with Crippen LogP contribution in [0.25, 0.3) is 11.1 Å². The second kappa shape index (κ2) is 4.82. The molecule has 0 spiro atoms. The summed E-state index contributed by atoms with van der Waals surface area (Å²) in [6.45, 7) is 8.51. The molecule has 0 radical (unpaired) electrons. The van der Waals surface area contributed by atoms with Crippen LogP contribution in [-0.2, 0) is 5.41 Å². The SMILES string of the molecule is Cc1sc(C(=O)O)cc1-c1ccc(C(C)(C)C)cc1. The lowest BCUT2D eigenvalue weighted by atomic mass is 9.86. The number of aryl methyl sites for hydroxylation is 1. The van der Waals surface area contributed by atoms with Gasteiger partial charge in [0.25, 0.3) is 0 Å². The molecule has 2 rings (SSSR count). The fourth-order valence-electron chi connectivity index (χ4n) is 2.02. The fourth-order valence-corrected chi connectivity index (χ4v) is 2.90. The van der Waals surface area contributed by atoms with E-state index in [0.717, 1.165) is 16.0 Å². The van der Waals surface area contributed by atoms with Gasteiger partial charge in [-0.25, -0.2) is 4.79 Å². The van der Waals surface area contributed by atoms with E-state index in [2.05, 4.69) is 45.0 Å². The minimum atomic E-state index is -0.856. The van der Waals surface area contributed by atoms with Crippen LogP contribution in [0.4, 0.5) is 0 Å². The molecule has 1 aromatic heterocycles. The van der Waals surface area contributed by atoms with Crippen LogP contribution >= 0.6 is 11.3 Å². The van der Waals surface area contributed by atoms with Crippen LogP contribution in [0.15, 0.2) is 30.3 Å². The van der Waals surface area contributed by atoms with Crippen molar-refractivity contribution < 1.29 is 9.90 Å². The summed E-state index contributed by atoms with van der Waals surface area (Å²) in [5.74, 6) is -0.856. The van der Waals surface area contributed by atoms with E-state index in [4.69, 9.17) is 5.11 Å². The number of aromatic carboxylic acids is 1. The van der Waals surface area contributed by atoms with E-state index >= 15 is 0 Å². The molecule has 100 valence electrons. The topological polar surface area (TPSA) is 37.3 Å². The zero-order valence-electron chi connectivity index (χ0n) is 11.7. The number of benzene rings is 1. The summed E-state index contributed by atoms with van der Waals surface area (Å²) >= 11 is 1.33. The summed E-state index contributed by atoms with van der Waals surface area (Å²) in [6, 6.07) is 10.1. The molecule has 1 N–H and O–H groups in total. The maximum atomic E-state index is 11.0. The van der Waals surface area contributed by atoms with Gasteiger partial charge in [0.2, 0.25) is 0 Å². The van der Waals surface area contributed by atoms with Crippen molar-refractivity contribution in [3.63, 3.8) is 0 Å². The van der Waals surface area contributed by atoms with Crippen molar-refractivity contribution in [2.75, 3.05) is 0 Å². The summed E-state index contributed by atoms with van der Waals surface area (Å²) in [5, 5.41) is 9.03. The molecule has 1 aromatic carbocycles. The summed E-state index contributed by atoms with van der Waals surface area (Å²) in [7, 11) is 0. The summed E-state index contributed by atoms with van der Waals surface area (Å²) in [5.41, 5.74) is 3.51. The van der Waals surface area contributed by atoms with Crippen molar-refractivity contribution >= 4 is 17.3 Å². The third-order valence-corrected chi connectivity index (χ3v) is 4.23. The van der Waals surface area contributed by atoms with Crippen LogP contribution < -0.4 is 0 Å². The quantitative estimate of drug-likeness (QED) is 0.860. The summed E-state index contributed by atoms with van der Waals surface area (Å²) in [4.78, 5) is 12.4. The van der Waals surface area contributed by atoms with Crippen molar-refractivity contribution in [3.8, 4) is 11.1 Å². The van der Waals surface area contributed by atoms with E-state index in [-0.39, 0.29) is 5.41 Å². The smallest absolute Gasteiger partial charge is 0.345 e. The van der Waals surface area contributed by atoms with Crippen LogP contribution in [0.1, 0.15) is 40.9 Å². The molecule has 0 amide bonds. The highest BCUT2D eigenvalue weighted by molar-refractivity contribution is 7.14. The first kappa shape index (κ1) is 13.8. The Morgan fingerprint density at radius 3 is 2.16 bits per heavy atom. The van der Waals surface area contributed by atoms with E-state index in [1.807, 2.05) is 6.92 Å². The van der Waals surface area contributed by atoms with Crippen LogP contribution in [0, 0.1) is 6.92 Å². The van der Waals surface area contributed by atoms with E-state index in [1.165, 1.54) is 16.9 Å². The molecule has 0 aliphatic heterocycles. The van der Waals surface area contributed by atoms with E-state index in [0.29, 0.717) is 4.88 Å². The number of hydrogen-bond acceptors (Lipinski definition) is 2. The number of rotatable bonds is 2. The Kier molecular flexibility index (Phi) is 3.50. The molecule has 3 heteroatoms. The average molecular weight is 274 g/mol. The van der Waals surface area contributed by atoms with E-state index in [1.54, 1.807) is 6.07 Å². The highest BCUT2D eigenvalue weighted by Gasteiger charge is 2.15. The van der Waals surface area contributed by atoms with Crippen molar-refractivity contribution in [2.45, 2.75) is 33.1 Å². The van der Waals surface area contributed by atoms with Gasteiger partial charge < -0.3 is 5.11 Å². The molecule has 0 fully saturated rings. The van der Waals surface area contributed by atoms with E-state index in [9.17, 15) is 4.79 Å². The van der Waals surface area contributed by atoms with E-state index < -0.39 is 5.97 Å². The monoisotopic (exact) mass is 274 g/mol. The minimum Gasteiger partial charge on any atom is -0.477 e. The highest BCUT2D eigenvalue weighted by Crippen LogP contribution is 2.32. The molecule has 0 saturated carbocycles. The predicted octanol–water partition coefficient (Wildman–Crippen LogP) is 4.72. The van der Waals surface area contributed by atoms with Gasteiger partial charge in [0.05, 0.1) is 0 Å². The van der Waals surface area contributed by atoms with Gasteiger partial charge in [0, 0.05) is 4.88 Å². The molecule has 0 aliphatic carbocycles. The molecular weight excluding hydrogens is 256 g/mol. The zero-order chi connectivity index (χ0) is 14.2. The lowest BCUT2D eigenvalue weighted by Crippen LogP contribution is -2.10. The molecule has 2 aromatic rings. The lowest BCUT2D eigenvalue weighted by Gasteiger charge is -2.19.